The second kappa shape index (κ2) is 7.03. The fourth-order valence-corrected chi connectivity index (χ4v) is 2.68. The maximum absolute atomic E-state index is 12.4. The van der Waals surface area contributed by atoms with E-state index in [1.54, 1.807) is 0 Å². The van der Waals surface area contributed by atoms with E-state index in [2.05, 4.69) is 36.5 Å². The standard InChI is InChI=1S/C18H28N2O2/c1-14-8-10-15(11-9-14)19-13-16-7-5-6-12-20(16)17(21)22-18(2,3)4/h8-11,16,19H,5-7,12-13H2,1-4H3. The maximum Gasteiger partial charge on any atom is 0.410 e. The molecule has 1 unspecified atom stereocenters. The molecule has 0 saturated carbocycles. The van der Waals surface area contributed by atoms with Gasteiger partial charge in [-0.25, -0.2) is 4.79 Å². The zero-order chi connectivity index (χ0) is 16.2. The Balaban J connectivity index is 1.94. The van der Waals surface area contributed by atoms with Crippen LogP contribution in [-0.4, -0.2) is 35.7 Å². The predicted octanol–water partition coefficient (Wildman–Crippen LogP) is 4.20. The second-order valence-corrected chi connectivity index (χ2v) is 7.07. The van der Waals surface area contributed by atoms with Gasteiger partial charge in [-0.05, 0) is 59.1 Å². The van der Waals surface area contributed by atoms with Crippen LogP contribution < -0.4 is 5.32 Å². The molecule has 4 heteroatoms. The highest BCUT2D eigenvalue weighted by molar-refractivity contribution is 5.68. The zero-order valence-corrected chi connectivity index (χ0v) is 14.2. The third-order valence-corrected chi connectivity index (χ3v) is 3.85. The molecule has 0 aliphatic carbocycles. The molecule has 1 saturated heterocycles. The highest BCUT2D eigenvalue weighted by atomic mass is 16.6. The van der Waals surface area contributed by atoms with E-state index in [-0.39, 0.29) is 12.1 Å². The molecule has 1 aliphatic heterocycles. The van der Waals surface area contributed by atoms with Crippen molar-refractivity contribution in [2.75, 3.05) is 18.4 Å². The van der Waals surface area contributed by atoms with Crippen molar-refractivity contribution < 1.29 is 9.53 Å². The number of likely N-dealkylation sites (tertiary alicyclic amines) is 1. The summed E-state index contributed by atoms with van der Waals surface area (Å²) in [5.41, 5.74) is 1.91. The molecule has 1 N–H and O–H groups in total. The van der Waals surface area contributed by atoms with Crippen LogP contribution in [0.2, 0.25) is 0 Å². The molecule has 22 heavy (non-hydrogen) atoms. The highest BCUT2D eigenvalue weighted by Gasteiger charge is 2.30. The molecule has 122 valence electrons. The average Bonchev–Trinajstić information content (AvgIpc) is 2.45. The number of nitrogens with one attached hydrogen (secondary N) is 1. The average molecular weight is 304 g/mol. The monoisotopic (exact) mass is 304 g/mol. The van der Waals surface area contributed by atoms with Gasteiger partial charge in [0.2, 0.25) is 0 Å². The van der Waals surface area contributed by atoms with E-state index >= 15 is 0 Å². The van der Waals surface area contributed by atoms with Gasteiger partial charge >= 0.3 is 6.09 Å². The molecule has 1 heterocycles. The summed E-state index contributed by atoms with van der Waals surface area (Å²) >= 11 is 0. The number of nitrogens with zero attached hydrogens (tertiary/aromatic N) is 1. The first kappa shape index (κ1) is 16.7. The number of piperidine rings is 1. The highest BCUT2D eigenvalue weighted by Crippen LogP contribution is 2.21. The lowest BCUT2D eigenvalue weighted by molar-refractivity contribution is 0.0114. The Hall–Kier alpha value is -1.71. The third-order valence-electron chi connectivity index (χ3n) is 3.85. The van der Waals surface area contributed by atoms with Gasteiger partial charge in [-0.2, -0.15) is 0 Å². The van der Waals surface area contributed by atoms with Crippen molar-refractivity contribution in [2.45, 2.75) is 58.6 Å². The van der Waals surface area contributed by atoms with Crippen molar-refractivity contribution in [1.29, 1.82) is 0 Å². The minimum atomic E-state index is -0.441. The number of anilines is 1. The Morgan fingerprint density at radius 3 is 2.59 bits per heavy atom. The fraction of sp³-hybridized carbons (Fsp3) is 0.611. The van der Waals surface area contributed by atoms with Crippen LogP contribution in [0.4, 0.5) is 10.5 Å². The number of rotatable bonds is 3. The minimum absolute atomic E-state index is 0.192. The van der Waals surface area contributed by atoms with Crippen LogP contribution in [-0.2, 0) is 4.74 Å². The van der Waals surface area contributed by atoms with E-state index in [1.165, 1.54) is 12.0 Å². The van der Waals surface area contributed by atoms with Crippen LogP contribution in [0.1, 0.15) is 45.6 Å². The first-order chi connectivity index (χ1) is 10.3. The van der Waals surface area contributed by atoms with Crippen LogP contribution >= 0.6 is 0 Å². The number of ether oxygens (including phenoxy) is 1. The van der Waals surface area contributed by atoms with Crippen molar-refractivity contribution in [3.8, 4) is 0 Å². The molecule has 2 rings (SSSR count). The van der Waals surface area contributed by atoms with Gasteiger partial charge in [-0.3, -0.25) is 0 Å². The Bertz CT molecular complexity index is 491. The predicted molar refractivity (Wildman–Crippen MR) is 90.2 cm³/mol. The van der Waals surface area contributed by atoms with Crippen LogP contribution in [0.3, 0.4) is 0 Å². The Kier molecular flexibility index (Phi) is 5.33. The first-order valence-corrected chi connectivity index (χ1v) is 8.15. The summed E-state index contributed by atoms with van der Waals surface area (Å²) in [6.45, 7) is 9.36. The molecular weight excluding hydrogens is 276 g/mol. The lowest BCUT2D eigenvalue weighted by Gasteiger charge is -2.37. The summed E-state index contributed by atoms with van der Waals surface area (Å²) in [6.07, 6.45) is 3.06. The first-order valence-electron chi connectivity index (χ1n) is 8.15. The lowest BCUT2D eigenvalue weighted by atomic mass is 10.0. The number of aryl methyl sites for hydroxylation is 1. The molecule has 1 atom stereocenters. The van der Waals surface area contributed by atoms with Gasteiger partial charge in [0.05, 0.1) is 6.04 Å². The summed E-state index contributed by atoms with van der Waals surface area (Å²) in [6, 6.07) is 8.54. The van der Waals surface area contributed by atoms with Crippen molar-refractivity contribution in [3.63, 3.8) is 0 Å². The number of carbonyl (C=O) groups excluding carboxylic acids is 1. The van der Waals surface area contributed by atoms with Gasteiger partial charge in [0, 0.05) is 18.8 Å². The van der Waals surface area contributed by atoms with Gasteiger partial charge in [0.25, 0.3) is 0 Å². The number of hydrogen-bond acceptors (Lipinski definition) is 3. The van der Waals surface area contributed by atoms with Crippen molar-refractivity contribution in [2.24, 2.45) is 0 Å². The topological polar surface area (TPSA) is 41.6 Å². The number of carbonyl (C=O) groups is 1. The normalized spacial score (nSPS) is 18.9. The molecule has 0 aromatic heterocycles. The number of benzene rings is 1. The van der Waals surface area contributed by atoms with E-state index in [0.29, 0.717) is 0 Å². The molecule has 1 fully saturated rings. The molecule has 1 aromatic rings. The van der Waals surface area contributed by atoms with Gasteiger partial charge < -0.3 is 15.0 Å². The Morgan fingerprint density at radius 1 is 1.27 bits per heavy atom. The van der Waals surface area contributed by atoms with Crippen LogP contribution in [0.15, 0.2) is 24.3 Å². The van der Waals surface area contributed by atoms with E-state index in [0.717, 1.165) is 31.6 Å². The van der Waals surface area contributed by atoms with E-state index < -0.39 is 5.60 Å². The van der Waals surface area contributed by atoms with Crippen molar-refractivity contribution >= 4 is 11.8 Å². The van der Waals surface area contributed by atoms with Crippen molar-refractivity contribution in [3.05, 3.63) is 29.8 Å². The Morgan fingerprint density at radius 2 is 1.95 bits per heavy atom. The summed E-state index contributed by atoms with van der Waals surface area (Å²) in [5, 5.41) is 3.44. The van der Waals surface area contributed by atoms with E-state index in [4.69, 9.17) is 4.74 Å². The molecule has 1 amide bonds. The van der Waals surface area contributed by atoms with Crippen LogP contribution in [0.5, 0.6) is 0 Å². The third kappa shape index (κ3) is 4.93. The summed E-state index contributed by atoms with van der Waals surface area (Å²) < 4.78 is 5.53. The van der Waals surface area contributed by atoms with Crippen LogP contribution in [0, 0.1) is 6.92 Å². The van der Waals surface area contributed by atoms with E-state index in [1.807, 2.05) is 25.7 Å². The minimum Gasteiger partial charge on any atom is -0.444 e. The van der Waals surface area contributed by atoms with Crippen LogP contribution in [0.25, 0.3) is 0 Å². The van der Waals surface area contributed by atoms with Gasteiger partial charge in [-0.1, -0.05) is 17.7 Å². The van der Waals surface area contributed by atoms with Gasteiger partial charge in [0.1, 0.15) is 5.60 Å². The zero-order valence-electron chi connectivity index (χ0n) is 14.2. The van der Waals surface area contributed by atoms with Gasteiger partial charge in [-0.15, -0.1) is 0 Å². The van der Waals surface area contributed by atoms with Crippen molar-refractivity contribution in [1.82, 2.24) is 4.90 Å². The number of amides is 1. The molecule has 0 bridgehead atoms. The largest absolute Gasteiger partial charge is 0.444 e. The molecular formula is C18H28N2O2. The molecule has 1 aliphatic rings. The lowest BCUT2D eigenvalue weighted by Crippen LogP contribution is -2.48. The summed E-state index contributed by atoms with van der Waals surface area (Å²) in [4.78, 5) is 14.2. The molecule has 1 aromatic carbocycles. The quantitative estimate of drug-likeness (QED) is 0.910. The fourth-order valence-electron chi connectivity index (χ4n) is 2.68. The smallest absolute Gasteiger partial charge is 0.410 e. The number of hydrogen-bond donors (Lipinski definition) is 1. The van der Waals surface area contributed by atoms with Gasteiger partial charge in [0.15, 0.2) is 0 Å². The van der Waals surface area contributed by atoms with E-state index in [9.17, 15) is 4.79 Å². The second-order valence-electron chi connectivity index (χ2n) is 7.07. The molecule has 0 radical (unpaired) electrons. The molecule has 4 nitrogen and oxygen atoms in total. The summed E-state index contributed by atoms with van der Waals surface area (Å²) in [5.74, 6) is 0. The maximum atomic E-state index is 12.4. The Labute approximate surface area is 133 Å². The summed E-state index contributed by atoms with van der Waals surface area (Å²) in [7, 11) is 0. The molecule has 0 spiro atoms. The SMILES string of the molecule is Cc1ccc(NCC2CCCCN2C(=O)OC(C)(C)C)cc1.